The maximum absolute atomic E-state index is 13.0. The molecule has 23 heteroatoms. The average Bonchev–Trinajstić information content (AvgIpc) is 3.44. The molecule has 2 saturated heterocycles. The molecule has 0 aromatic rings. The largest absolute Gasteiger partial charge is 0.467 e. The molecule has 3 fully saturated rings. The fourth-order valence-electron chi connectivity index (χ4n) is 6.68. The Bertz CT molecular complexity index is 1230. The summed E-state index contributed by atoms with van der Waals surface area (Å²) >= 11 is 0. The number of carbonyl (C=O) groups is 1. The molecule has 0 spiro atoms. The Labute approximate surface area is 312 Å². The molecular formula is C31H60N10O13. The molecule has 4 rings (SSSR count). The fraction of sp³-hybridized carbons (Fsp3) is 0.871. The maximum atomic E-state index is 13.0. The van der Waals surface area contributed by atoms with E-state index < -0.39 is 117 Å². The molecule has 3 aliphatic heterocycles. The molecule has 312 valence electrons. The molecular weight excluding hydrogens is 720 g/mol. The van der Waals surface area contributed by atoms with Gasteiger partial charge in [-0.15, -0.1) is 0 Å². The van der Waals surface area contributed by atoms with Crippen molar-refractivity contribution in [2.75, 3.05) is 39.3 Å². The smallest absolute Gasteiger partial charge is 0.249 e. The first-order valence-corrected chi connectivity index (χ1v) is 18.1. The van der Waals surface area contributed by atoms with Crippen LogP contribution in [0.4, 0.5) is 0 Å². The number of guanidine groups is 1. The van der Waals surface area contributed by atoms with Crippen LogP contribution in [-0.4, -0.2) is 186 Å². The number of ether oxygens (including phenoxy) is 6. The van der Waals surface area contributed by atoms with E-state index in [1.807, 2.05) is 6.08 Å². The summed E-state index contributed by atoms with van der Waals surface area (Å²) in [4.78, 5) is 13.0. The summed E-state index contributed by atoms with van der Waals surface area (Å²) in [5.41, 5.74) is 35.5. The summed E-state index contributed by atoms with van der Waals surface area (Å²) in [6.07, 6.45) is -15.3. The molecule has 23 nitrogen and oxygen atoms in total. The van der Waals surface area contributed by atoms with Gasteiger partial charge in [-0.05, 0) is 44.8 Å². The second-order valence-electron chi connectivity index (χ2n) is 13.9. The Kier molecular flexibility index (Phi) is 17.0. The zero-order valence-electron chi connectivity index (χ0n) is 30.0. The number of nitrogens with one attached hydrogen (secondary N) is 4. The number of hydrogen-bond acceptors (Lipinski definition) is 20. The number of hydrogen-bond donors (Lipinski definition) is 16. The summed E-state index contributed by atoms with van der Waals surface area (Å²) in [5, 5.41) is 80.0. The van der Waals surface area contributed by atoms with Crippen molar-refractivity contribution in [3.05, 3.63) is 11.8 Å². The highest BCUT2D eigenvalue weighted by Crippen LogP contribution is 2.34. The maximum Gasteiger partial charge on any atom is 0.249 e. The van der Waals surface area contributed by atoms with Crippen molar-refractivity contribution in [1.29, 1.82) is 5.41 Å². The van der Waals surface area contributed by atoms with Crippen molar-refractivity contribution in [2.24, 2.45) is 34.4 Å². The van der Waals surface area contributed by atoms with Crippen molar-refractivity contribution in [3.63, 3.8) is 0 Å². The average molecular weight is 781 g/mol. The molecule has 1 amide bonds. The van der Waals surface area contributed by atoms with E-state index in [0.29, 0.717) is 31.8 Å². The van der Waals surface area contributed by atoms with E-state index in [9.17, 15) is 35.4 Å². The summed E-state index contributed by atoms with van der Waals surface area (Å²) in [5.74, 6) is -0.633. The predicted molar refractivity (Wildman–Crippen MR) is 187 cm³/mol. The molecule has 1 aliphatic carbocycles. The summed E-state index contributed by atoms with van der Waals surface area (Å²) < 4.78 is 35.9. The highest BCUT2D eigenvalue weighted by atomic mass is 16.8. The van der Waals surface area contributed by atoms with Gasteiger partial charge in [0.15, 0.2) is 18.5 Å². The Hall–Kier alpha value is -2.40. The lowest BCUT2D eigenvalue weighted by molar-refractivity contribution is -0.282. The van der Waals surface area contributed by atoms with Crippen LogP contribution in [-0.2, 0) is 33.2 Å². The third kappa shape index (κ3) is 11.1. The Balaban J connectivity index is 1.53. The number of aliphatic hydroxyl groups excluding tert-OH is 6. The third-order valence-electron chi connectivity index (χ3n) is 9.80. The quantitative estimate of drug-likeness (QED) is 0.0349. The molecule has 3 heterocycles. The standard InChI is InChI=1S/C31H60N10O13/c32-5-1-6-39-10-12-2-3-13(34)28(49-12)52-24-14(35)8-15(41-27(48)16(43)4-7-40-31(37)38)20(44)26(24)54-30-23(47)25(18(11-42)51-30)53-29-19(36)22(46)21(45)17(9-33)50-29/h2,13-26,28-30,39,42-47H,1,3-11,32-36H2,(H,41,48)(H4,37,38,40)/t13-,14+,15-,16+,17+,18-,19-,20+,21-,22-,23-,24-,25-,26-,28-,29-,30+/m1/s1. The van der Waals surface area contributed by atoms with Crippen molar-refractivity contribution in [2.45, 2.75) is 130 Å². The molecule has 4 aliphatic rings. The van der Waals surface area contributed by atoms with Crippen LogP contribution >= 0.6 is 0 Å². The second-order valence-corrected chi connectivity index (χ2v) is 13.9. The second kappa shape index (κ2) is 20.7. The van der Waals surface area contributed by atoms with Gasteiger partial charge >= 0.3 is 0 Å². The number of aliphatic hydroxyl groups is 6. The molecule has 1 saturated carbocycles. The van der Waals surface area contributed by atoms with Gasteiger partial charge in [-0.25, -0.2) is 0 Å². The summed E-state index contributed by atoms with van der Waals surface area (Å²) in [6.45, 7) is 0.680. The number of amides is 1. The Morgan fingerprint density at radius 3 is 2.26 bits per heavy atom. The minimum Gasteiger partial charge on any atom is -0.467 e. The normalized spacial score (nSPS) is 40.4. The van der Waals surface area contributed by atoms with Crippen molar-refractivity contribution >= 4 is 11.9 Å². The van der Waals surface area contributed by atoms with E-state index in [4.69, 9.17) is 68.2 Å². The van der Waals surface area contributed by atoms with Crippen molar-refractivity contribution in [3.8, 4) is 0 Å². The minimum absolute atomic E-state index is 0.0221. The van der Waals surface area contributed by atoms with E-state index in [1.165, 1.54) is 0 Å². The van der Waals surface area contributed by atoms with Crippen LogP contribution in [0.25, 0.3) is 0 Å². The van der Waals surface area contributed by atoms with Crippen LogP contribution in [0.15, 0.2) is 11.8 Å². The van der Waals surface area contributed by atoms with Gasteiger partial charge in [0.05, 0.1) is 31.3 Å². The zero-order chi connectivity index (χ0) is 39.7. The number of rotatable bonds is 18. The molecule has 0 bridgehead atoms. The minimum atomic E-state index is -1.67. The lowest BCUT2D eigenvalue weighted by Crippen LogP contribution is -2.67. The molecule has 0 unspecified atom stereocenters. The molecule has 54 heavy (non-hydrogen) atoms. The summed E-state index contributed by atoms with van der Waals surface area (Å²) in [7, 11) is 0. The molecule has 0 aromatic carbocycles. The van der Waals surface area contributed by atoms with Crippen molar-refractivity contribution in [1.82, 2.24) is 16.0 Å². The van der Waals surface area contributed by atoms with Gasteiger partial charge in [0.25, 0.3) is 0 Å². The van der Waals surface area contributed by atoms with E-state index in [2.05, 4.69) is 16.0 Å². The summed E-state index contributed by atoms with van der Waals surface area (Å²) in [6, 6.07) is -4.00. The highest BCUT2D eigenvalue weighted by Gasteiger charge is 2.54. The molecule has 22 N–H and O–H groups in total. The van der Waals surface area contributed by atoms with E-state index >= 15 is 0 Å². The van der Waals surface area contributed by atoms with Gasteiger partial charge in [0.1, 0.15) is 66.8 Å². The fourth-order valence-corrected chi connectivity index (χ4v) is 6.68. The number of nitrogens with two attached hydrogens (primary N) is 6. The van der Waals surface area contributed by atoms with Crippen LogP contribution in [0.5, 0.6) is 0 Å². The van der Waals surface area contributed by atoms with Crippen molar-refractivity contribution < 1.29 is 63.9 Å². The van der Waals surface area contributed by atoms with Gasteiger partial charge in [-0.2, -0.15) is 0 Å². The van der Waals surface area contributed by atoms with E-state index in [1.54, 1.807) is 0 Å². The van der Waals surface area contributed by atoms with Gasteiger partial charge in [0, 0.05) is 19.1 Å². The third-order valence-corrected chi connectivity index (χ3v) is 9.80. The number of carbonyl (C=O) groups excluding carboxylic acids is 1. The van der Waals surface area contributed by atoms with Crippen LogP contribution in [0.2, 0.25) is 0 Å². The SMILES string of the molecule is N=C(N)NCC[C@H](O)C(=O)N[C@@H]1C[C@H](N)[C@@H](O[C@H]2OC(CNCCCN)=CC[C@H]2N)[C@H](O[C@@H]2O[C@H](CO)[C@@H](O[C@H]3O[C@@H](CN)[C@@H](O)[C@H](O)[C@H]3N)[C@H]2O)[C@H]1O. The van der Waals surface area contributed by atoms with Gasteiger partial charge in [-0.3, -0.25) is 10.2 Å². The lowest BCUT2D eigenvalue weighted by atomic mass is 9.83. The lowest BCUT2D eigenvalue weighted by Gasteiger charge is -2.46. The topological polar surface area (TPSA) is 410 Å². The van der Waals surface area contributed by atoms with E-state index in [0.717, 1.165) is 6.42 Å². The predicted octanol–water partition coefficient (Wildman–Crippen LogP) is -8.34. The zero-order valence-corrected chi connectivity index (χ0v) is 30.0. The highest BCUT2D eigenvalue weighted by molar-refractivity contribution is 5.81. The monoisotopic (exact) mass is 780 g/mol. The van der Waals surface area contributed by atoms with E-state index in [-0.39, 0.29) is 31.9 Å². The molecule has 17 atom stereocenters. The van der Waals surface area contributed by atoms with Gasteiger partial charge < -0.3 is 109 Å². The van der Waals surface area contributed by atoms with Crippen LogP contribution in [0.1, 0.15) is 25.7 Å². The van der Waals surface area contributed by atoms with Gasteiger partial charge in [-0.1, -0.05) is 0 Å². The molecule has 0 radical (unpaired) electrons. The molecule has 0 aromatic heterocycles. The first-order valence-electron chi connectivity index (χ1n) is 18.1. The van der Waals surface area contributed by atoms with Crippen LogP contribution < -0.4 is 50.4 Å². The van der Waals surface area contributed by atoms with Gasteiger partial charge in [0.2, 0.25) is 12.2 Å². The Morgan fingerprint density at radius 2 is 1.59 bits per heavy atom. The first-order chi connectivity index (χ1) is 25.7. The van der Waals surface area contributed by atoms with Crippen LogP contribution in [0.3, 0.4) is 0 Å². The Morgan fingerprint density at radius 1 is 0.907 bits per heavy atom. The first kappa shape index (κ1) is 44.3. The van der Waals surface area contributed by atoms with Crippen LogP contribution in [0, 0.1) is 5.41 Å².